The Morgan fingerprint density at radius 2 is 1.95 bits per heavy atom. The fraction of sp³-hybridized carbons (Fsp3) is 0.692. The lowest BCUT2D eigenvalue weighted by atomic mass is 9.98. The molecule has 0 saturated carbocycles. The Hall–Kier alpha value is -0.140. The molecule has 1 N–H and O–H groups in total. The first kappa shape index (κ1) is 17.9. The Kier molecular flexibility index (Phi) is 6.47. The monoisotopic (exact) mass is 338 g/mol. The standard InChI is InChI=1S/C13H22N2O2S2.ClH/c1-10-8-13(11(2)18-10)19(16,17)15-6-4-12(5-7-15)9-14-3;/h8,12,14H,4-7,9H2,1-3H3;1H. The van der Waals surface area contributed by atoms with Crippen LogP contribution < -0.4 is 5.32 Å². The summed E-state index contributed by atoms with van der Waals surface area (Å²) in [4.78, 5) is 2.46. The van der Waals surface area contributed by atoms with Crippen LogP contribution in [0.25, 0.3) is 0 Å². The first-order valence-electron chi connectivity index (χ1n) is 6.67. The molecule has 0 atom stereocenters. The molecule has 1 saturated heterocycles. The zero-order valence-corrected chi connectivity index (χ0v) is 14.6. The molecule has 0 amide bonds. The third-order valence-electron chi connectivity index (χ3n) is 3.68. The van der Waals surface area contributed by atoms with E-state index in [9.17, 15) is 8.42 Å². The van der Waals surface area contributed by atoms with Gasteiger partial charge >= 0.3 is 0 Å². The van der Waals surface area contributed by atoms with Crippen LogP contribution in [0.1, 0.15) is 22.6 Å². The minimum atomic E-state index is -3.29. The number of rotatable bonds is 4. The maximum absolute atomic E-state index is 12.6. The minimum absolute atomic E-state index is 0. The van der Waals surface area contributed by atoms with Crippen molar-refractivity contribution in [1.29, 1.82) is 0 Å². The second-order valence-corrected chi connectivity index (χ2v) is 8.55. The Bertz CT molecular complexity index is 535. The van der Waals surface area contributed by atoms with Gasteiger partial charge in [0.15, 0.2) is 0 Å². The van der Waals surface area contributed by atoms with Crippen molar-refractivity contribution >= 4 is 33.8 Å². The van der Waals surface area contributed by atoms with Crippen LogP contribution in [0, 0.1) is 19.8 Å². The zero-order valence-electron chi connectivity index (χ0n) is 12.2. The van der Waals surface area contributed by atoms with Crippen molar-refractivity contribution in [2.24, 2.45) is 5.92 Å². The number of hydrogen-bond acceptors (Lipinski definition) is 4. The molecule has 0 aliphatic carbocycles. The maximum Gasteiger partial charge on any atom is 0.244 e. The van der Waals surface area contributed by atoms with Crippen molar-refractivity contribution in [1.82, 2.24) is 9.62 Å². The number of nitrogens with one attached hydrogen (secondary N) is 1. The van der Waals surface area contributed by atoms with Gasteiger partial charge < -0.3 is 5.32 Å². The van der Waals surface area contributed by atoms with E-state index in [1.165, 1.54) is 0 Å². The fourth-order valence-electron chi connectivity index (χ4n) is 2.65. The summed E-state index contributed by atoms with van der Waals surface area (Å²) in [6, 6.07) is 1.80. The van der Waals surface area contributed by atoms with Gasteiger partial charge in [0.2, 0.25) is 10.0 Å². The van der Waals surface area contributed by atoms with Gasteiger partial charge in [-0.2, -0.15) is 4.31 Å². The molecule has 1 aliphatic heterocycles. The molecule has 2 heterocycles. The number of aryl methyl sites for hydroxylation is 2. The van der Waals surface area contributed by atoms with Gasteiger partial charge in [0.25, 0.3) is 0 Å². The van der Waals surface area contributed by atoms with E-state index in [-0.39, 0.29) is 12.4 Å². The number of thiophene rings is 1. The molecule has 4 nitrogen and oxygen atoms in total. The van der Waals surface area contributed by atoms with Gasteiger partial charge in [-0.1, -0.05) is 0 Å². The van der Waals surface area contributed by atoms with Crippen molar-refractivity contribution < 1.29 is 8.42 Å². The van der Waals surface area contributed by atoms with Crippen LogP contribution in [-0.2, 0) is 10.0 Å². The third kappa shape index (κ3) is 3.74. The van der Waals surface area contributed by atoms with E-state index < -0.39 is 10.0 Å². The first-order valence-corrected chi connectivity index (χ1v) is 8.92. The Morgan fingerprint density at radius 1 is 1.35 bits per heavy atom. The highest BCUT2D eigenvalue weighted by atomic mass is 35.5. The minimum Gasteiger partial charge on any atom is -0.319 e. The van der Waals surface area contributed by atoms with Gasteiger partial charge in [-0.3, -0.25) is 0 Å². The molecule has 7 heteroatoms. The molecule has 0 aromatic carbocycles. The van der Waals surface area contributed by atoms with Crippen molar-refractivity contribution in [2.75, 3.05) is 26.7 Å². The van der Waals surface area contributed by atoms with Crippen LogP contribution in [0.2, 0.25) is 0 Å². The highest BCUT2D eigenvalue weighted by Gasteiger charge is 2.30. The van der Waals surface area contributed by atoms with E-state index >= 15 is 0 Å². The Morgan fingerprint density at radius 3 is 2.40 bits per heavy atom. The number of sulfonamides is 1. The second-order valence-electron chi connectivity index (χ2n) is 5.18. The van der Waals surface area contributed by atoms with Gasteiger partial charge in [-0.15, -0.1) is 23.7 Å². The van der Waals surface area contributed by atoms with Crippen LogP contribution in [0.3, 0.4) is 0 Å². The Balaban J connectivity index is 0.00000200. The van der Waals surface area contributed by atoms with E-state index in [2.05, 4.69) is 5.32 Å². The van der Waals surface area contributed by atoms with Gasteiger partial charge in [0.1, 0.15) is 0 Å². The molecule has 1 aromatic heterocycles. The highest BCUT2D eigenvalue weighted by molar-refractivity contribution is 7.89. The molecule has 1 aromatic rings. The lowest BCUT2D eigenvalue weighted by Crippen LogP contribution is -2.40. The average Bonchev–Trinajstić information content (AvgIpc) is 2.70. The number of hydrogen-bond donors (Lipinski definition) is 1. The molecule has 116 valence electrons. The molecule has 0 spiro atoms. The van der Waals surface area contributed by atoms with E-state index in [0.717, 1.165) is 29.1 Å². The predicted octanol–water partition coefficient (Wildman–Crippen LogP) is 2.41. The van der Waals surface area contributed by atoms with Crippen LogP contribution in [0.15, 0.2) is 11.0 Å². The van der Waals surface area contributed by atoms with Gasteiger partial charge in [0, 0.05) is 22.8 Å². The Labute approximate surface area is 132 Å². The summed E-state index contributed by atoms with van der Waals surface area (Å²) < 4.78 is 26.9. The molecule has 0 radical (unpaired) electrons. The predicted molar refractivity (Wildman–Crippen MR) is 86.5 cm³/mol. The summed E-state index contributed by atoms with van der Waals surface area (Å²) in [6.45, 7) is 6.10. The van der Waals surface area contributed by atoms with Crippen molar-refractivity contribution in [2.45, 2.75) is 31.6 Å². The SMILES string of the molecule is CNCC1CCN(S(=O)(=O)c2cc(C)sc2C)CC1.Cl. The smallest absolute Gasteiger partial charge is 0.244 e. The number of nitrogens with zero attached hydrogens (tertiary/aromatic N) is 1. The lowest BCUT2D eigenvalue weighted by Gasteiger charge is -2.31. The summed E-state index contributed by atoms with van der Waals surface area (Å²) >= 11 is 1.55. The largest absolute Gasteiger partial charge is 0.319 e. The average molecular weight is 339 g/mol. The first-order chi connectivity index (χ1) is 8.95. The highest BCUT2D eigenvalue weighted by Crippen LogP contribution is 2.30. The quantitative estimate of drug-likeness (QED) is 0.917. The lowest BCUT2D eigenvalue weighted by molar-refractivity contribution is 0.270. The molecule has 1 aliphatic rings. The molecular formula is C13H23ClN2O2S2. The van der Waals surface area contributed by atoms with E-state index in [1.807, 2.05) is 20.9 Å². The molecule has 20 heavy (non-hydrogen) atoms. The number of piperidine rings is 1. The summed E-state index contributed by atoms with van der Waals surface area (Å²) in [5.41, 5.74) is 0. The van der Waals surface area contributed by atoms with Crippen LogP contribution in [0.4, 0.5) is 0 Å². The summed E-state index contributed by atoms with van der Waals surface area (Å²) in [5.74, 6) is 0.599. The van der Waals surface area contributed by atoms with Crippen molar-refractivity contribution in [3.05, 3.63) is 15.8 Å². The summed E-state index contributed by atoms with van der Waals surface area (Å²) in [7, 11) is -1.34. The van der Waals surface area contributed by atoms with Crippen LogP contribution in [-0.4, -0.2) is 39.4 Å². The van der Waals surface area contributed by atoms with Crippen molar-refractivity contribution in [3.8, 4) is 0 Å². The second kappa shape index (κ2) is 7.22. The molecule has 0 bridgehead atoms. The van der Waals surface area contributed by atoms with Gasteiger partial charge in [-0.25, -0.2) is 8.42 Å². The van der Waals surface area contributed by atoms with Crippen LogP contribution in [0.5, 0.6) is 0 Å². The fourth-order valence-corrected chi connectivity index (χ4v) is 5.64. The summed E-state index contributed by atoms with van der Waals surface area (Å²) in [6.07, 6.45) is 1.89. The van der Waals surface area contributed by atoms with Crippen molar-refractivity contribution in [3.63, 3.8) is 0 Å². The van der Waals surface area contributed by atoms with Gasteiger partial charge in [-0.05, 0) is 52.3 Å². The summed E-state index contributed by atoms with van der Waals surface area (Å²) in [5, 5.41) is 3.17. The molecule has 1 fully saturated rings. The van der Waals surface area contributed by atoms with Gasteiger partial charge in [0.05, 0.1) is 4.90 Å². The maximum atomic E-state index is 12.6. The normalized spacial score (nSPS) is 17.9. The molecule has 2 rings (SSSR count). The number of halogens is 1. The van der Waals surface area contributed by atoms with E-state index in [0.29, 0.717) is 23.9 Å². The molecule has 0 unspecified atom stereocenters. The van der Waals surface area contributed by atoms with E-state index in [1.54, 1.807) is 21.7 Å². The topological polar surface area (TPSA) is 49.4 Å². The van der Waals surface area contributed by atoms with E-state index in [4.69, 9.17) is 0 Å². The zero-order chi connectivity index (χ0) is 14.0. The molecular weight excluding hydrogens is 316 g/mol. The third-order valence-corrected chi connectivity index (χ3v) is 6.80. The van der Waals surface area contributed by atoms with Crippen LogP contribution >= 0.6 is 23.7 Å².